The summed E-state index contributed by atoms with van der Waals surface area (Å²) in [6, 6.07) is 0.103. The fourth-order valence-corrected chi connectivity index (χ4v) is 1.94. The number of nitrogens with zero attached hydrogens (tertiary/aromatic N) is 2. The first-order chi connectivity index (χ1) is 8.95. The summed E-state index contributed by atoms with van der Waals surface area (Å²) in [6.45, 7) is 8.31. The van der Waals surface area contributed by atoms with Crippen molar-refractivity contribution in [3.8, 4) is 0 Å². The number of ether oxygens (including phenoxy) is 1. The van der Waals surface area contributed by atoms with E-state index in [1.54, 1.807) is 6.20 Å². The van der Waals surface area contributed by atoms with Gasteiger partial charge in [-0.05, 0) is 20.8 Å². The fraction of sp³-hybridized carbons (Fsp3) is 0.692. The van der Waals surface area contributed by atoms with Crippen LogP contribution in [0.3, 0.4) is 0 Å². The maximum absolute atomic E-state index is 11.9. The van der Waals surface area contributed by atoms with Crippen molar-refractivity contribution in [2.45, 2.75) is 38.8 Å². The molecule has 1 aromatic rings. The number of aromatic nitrogens is 2. The highest BCUT2D eigenvalue weighted by Crippen LogP contribution is 2.16. The number of amides is 1. The second-order valence-corrected chi connectivity index (χ2v) is 5.82. The molecule has 1 aromatic heterocycles. The third-order valence-corrected chi connectivity index (χ3v) is 2.98. The lowest BCUT2D eigenvalue weighted by molar-refractivity contribution is -0.117. The third kappa shape index (κ3) is 4.77. The predicted molar refractivity (Wildman–Crippen MR) is 80.3 cm³/mol. The van der Waals surface area contributed by atoms with Gasteiger partial charge in [0.15, 0.2) is 0 Å². The van der Waals surface area contributed by atoms with Crippen LogP contribution in [0.15, 0.2) is 12.4 Å². The maximum atomic E-state index is 11.9. The molecule has 1 amide bonds. The second kappa shape index (κ2) is 7.06. The number of anilines is 1. The van der Waals surface area contributed by atoms with E-state index >= 15 is 0 Å². The van der Waals surface area contributed by atoms with Gasteiger partial charge in [0.05, 0.1) is 30.6 Å². The van der Waals surface area contributed by atoms with Crippen LogP contribution in [0.2, 0.25) is 0 Å². The Morgan fingerprint density at radius 1 is 1.60 bits per heavy atom. The number of halogens is 1. The normalized spacial score (nSPS) is 19.2. The highest BCUT2D eigenvalue weighted by atomic mass is 35.5. The Morgan fingerprint density at radius 3 is 2.90 bits per heavy atom. The summed E-state index contributed by atoms with van der Waals surface area (Å²) >= 11 is 0. The molecule has 20 heavy (non-hydrogen) atoms. The van der Waals surface area contributed by atoms with Gasteiger partial charge in [0, 0.05) is 25.2 Å². The van der Waals surface area contributed by atoms with Crippen molar-refractivity contribution >= 4 is 24.0 Å². The Kier molecular flexibility index (Phi) is 5.98. The third-order valence-electron chi connectivity index (χ3n) is 2.98. The van der Waals surface area contributed by atoms with Gasteiger partial charge in [0.1, 0.15) is 0 Å². The van der Waals surface area contributed by atoms with E-state index in [0.717, 1.165) is 18.8 Å². The smallest absolute Gasteiger partial charge is 0.226 e. The monoisotopic (exact) mass is 302 g/mol. The number of morpholine rings is 1. The molecule has 2 N–H and O–H groups in total. The Balaban J connectivity index is 0.00000200. The molecule has 0 aliphatic carbocycles. The molecular formula is C13H23ClN4O2. The van der Waals surface area contributed by atoms with Gasteiger partial charge in [-0.1, -0.05) is 0 Å². The van der Waals surface area contributed by atoms with E-state index < -0.39 is 0 Å². The van der Waals surface area contributed by atoms with E-state index in [4.69, 9.17) is 4.74 Å². The van der Waals surface area contributed by atoms with Gasteiger partial charge >= 0.3 is 0 Å². The summed E-state index contributed by atoms with van der Waals surface area (Å²) in [4.78, 5) is 11.9. The molecule has 1 saturated heterocycles. The molecule has 0 spiro atoms. The zero-order valence-electron chi connectivity index (χ0n) is 12.2. The summed E-state index contributed by atoms with van der Waals surface area (Å²) in [5.74, 6) is -0.0172. The first-order valence-electron chi connectivity index (χ1n) is 6.61. The molecule has 0 radical (unpaired) electrons. The van der Waals surface area contributed by atoms with Crippen molar-refractivity contribution in [3.63, 3.8) is 0 Å². The SMILES string of the molecule is CC(C)(C)n1cc(NC(=O)CC2COCCN2)cn1.Cl. The Hall–Kier alpha value is -1.11. The number of hydrogen-bond acceptors (Lipinski definition) is 4. The van der Waals surface area contributed by atoms with Gasteiger partial charge < -0.3 is 15.4 Å². The summed E-state index contributed by atoms with van der Waals surface area (Å²) in [6.07, 6.45) is 3.94. The minimum atomic E-state index is -0.0816. The molecule has 2 rings (SSSR count). The van der Waals surface area contributed by atoms with Crippen LogP contribution in [0.5, 0.6) is 0 Å². The number of carbonyl (C=O) groups is 1. The van der Waals surface area contributed by atoms with Gasteiger partial charge in [-0.3, -0.25) is 9.48 Å². The highest BCUT2D eigenvalue weighted by Gasteiger charge is 2.18. The van der Waals surface area contributed by atoms with Crippen LogP contribution in [0.1, 0.15) is 27.2 Å². The molecule has 0 aromatic carbocycles. The highest BCUT2D eigenvalue weighted by molar-refractivity contribution is 5.90. The molecule has 1 fully saturated rings. The minimum absolute atomic E-state index is 0. The van der Waals surface area contributed by atoms with Crippen molar-refractivity contribution in [1.29, 1.82) is 0 Å². The Labute approximate surface area is 125 Å². The summed E-state index contributed by atoms with van der Waals surface area (Å²) < 4.78 is 7.16. The van der Waals surface area contributed by atoms with Gasteiger partial charge in [0.2, 0.25) is 5.91 Å². The summed E-state index contributed by atoms with van der Waals surface area (Å²) in [5.41, 5.74) is 0.651. The van der Waals surface area contributed by atoms with Crippen LogP contribution < -0.4 is 10.6 Å². The molecule has 6 nitrogen and oxygen atoms in total. The predicted octanol–water partition coefficient (Wildman–Crippen LogP) is 1.38. The molecule has 1 atom stereocenters. The Bertz CT molecular complexity index is 436. The zero-order chi connectivity index (χ0) is 13.9. The van der Waals surface area contributed by atoms with Gasteiger partial charge in [-0.25, -0.2) is 0 Å². The minimum Gasteiger partial charge on any atom is -0.378 e. The lowest BCUT2D eigenvalue weighted by atomic mass is 10.1. The first kappa shape index (κ1) is 16.9. The lowest BCUT2D eigenvalue weighted by Gasteiger charge is -2.23. The van der Waals surface area contributed by atoms with Gasteiger partial charge in [-0.15, -0.1) is 12.4 Å². The number of nitrogens with one attached hydrogen (secondary N) is 2. The van der Waals surface area contributed by atoms with E-state index in [2.05, 4.69) is 36.5 Å². The Morgan fingerprint density at radius 2 is 2.35 bits per heavy atom. The molecule has 1 aliphatic heterocycles. The largest absolute Gasteiger partial charge is 0.378 e. The van der Waals surface area contributed by atoms with Crippen LogP contribution in [0.25, 0.3) is 0 Å². The molecule has 2 heterocycles. The second-order valence-electron chi connectivity index (χ2n) is 5.82. The standard InChI is InChI=1S/C13H22N4O2.ClH/c1-13(2,3)17-8-11(7-15-17)16-12(18)6-10-9-19-5-4-14-10;/h7-8,10,14H,4-6,9H2,1-3H3,(H,16,18);1H. The first-order valence-corrected chi connectivity index (χ1v) is 6.61. The van der Waals surface area contributed by atoms with Crippen LogP contribution in [0.4, 0.5) is 5.69 Å². The lowest BCUT2D eigenvalue weighted by Crippen LogP contribution is -2.43. The van der Waals surface area contributed by atoms with Gasteiger partial charge in [-0.2, -0.15) is 5.10 Å². The van der Waals surface area contributed by atoms with E-state index in [-0.39, 0.29) is 29.9 Å². The van der Waals surface area contributed by atoms with Crippen molar-refractivity contribution in [2.24, 2.45) is 0 Å². The number of carbonyl (C=O) groups excluding carboxylic acids is 1. The van der Waals surface area contributed by atoms with Crippen molar-refractivity contribution in [1.82, 2.24) is 15.1 Å². The van der Waals surface area contributed by atoms with E-state index in [1.807, 2.05) is 10.9 Å². The van der Waals surface area contributed by atoms with Crippen LogP contribution in [0, 0.1) is 0 Å². The maximum Gasteiger partial charge on any atom is 0.226 e. The quantitative estimate of drug-likeness (QED) is 0.885. The number of hydrogen-bond donors (Lipinski definition) is 2. The van der Waals surface area contributed by atoms with Crippen molar-refractivity contribution < 1.29 is 9.53 Å². The van der Waals surface area contributed by atoms with Crippen LogP contribution in [-0.2, 0) is 15.1 Å². The zero-order valence-corrected chi connectivity index (χ0v) is 13.0. The van der Waals surface area contributed by atoms with E-state index in [0.29, 0.717) is 13.0 Å². The van der Waals surface area contributed by atoms with Gasteiger partial charge in [0.25, 0.3) is 0 Å². The average Bonchev–Trinajstić information content (AvgIpc) is 2.78. The van der Waals surface area contributed by atoms with Crippen LogP contribution in [-0.4, -0.2) is 41.5 Å². The average molecular weight is 303 g/mol. The molecule has 7 heteroatoms. The summed E-state index contributed by atoms with van der Waals surface area (Å²) in [5, 5.41) is 10.4. The molecular weight excluding hydrogens is 280 g/mol. The molecule has 0 saturated carbocycles. The molecule has 1 unspecified atom stereocenters. The van der Waals surface area contributed by atoms with Crippen molar-refractivity contribution in [3.05, 3.63) is 12.4 Å². The fourth-order valence-electron chi connectivity index (χ4n) is 1.94. The van der Waals surface area contributed by atoms with Crippen molar-refractivity contribution in [2.75, 3.05) is 25.1 Å². The number of rotatable bonds is 3. The summed E-state index contributed by atoms with van der Waals surface area (Å²) in [7, 11) is 0. The molecule has 0 bridgehead atoms. The molecule has 1 aliphatic rings. The topological polar surface area (TPSA) is 68.2 Å². The van der Waals surface area contributed by atoms with Crippen LogP contribution >= 0.6 is 12.4 Å². The van der Waals surface area contributed by atoms with E-state index in [1.165, 1.54) is 0 Å². The van der Waals surface area contributed by atoms with E-state index in [9.17, 15) is 4.79 Å². The molecule has 114 valence electrons.